The summed E-state index contributed by atoms with van der Waals surface area (Å²) >= 11 is 0. The number of carbonyl (C=O) groups is 1. The Labute approximate surface area is 124 Å². The van der Waals surface area contributed by atoms with Crippen LogP contribution in [0.3, 0.4) is 0 Å². The fourth-order valence-corrected chi connectivity index (χ4v) is 2.26. The molecule has 0 fully saturated rings. The first-order valence-corrected chi connectivity index (χ1v) is 7.08. The zero-order chi connectivity index (χ0) is 15.4. The largest absolute Gasteiger partial charge is 0.344 e. The Morgan fingerprint density at radius 2 is 2.14 bits per heavy atom. The van der Waals surface area contributed by atoms with Crippen molar-refractivity contribution < 1.29 is 4.79 Å². The van der Waals surface area contributed by atoms with Crippen LogP contribution in [0, 0.1) is 12.8 Å². The number of aromatic nitrogens is 5. The minimum atomic E-state index is -0.137. The lowest BCUT2D eigenvalue weighted by Gasteiger charge is -2.19. The zero-order valence-electron chi connectivity index (χ0n) is 12.9. The molecule has 1 atom stereocenters. The molecule has 21 heavy (non-hydrogen) atoms. The van der Waals surface area contributed by atoms with E-state index in [0.29, 0.717) is 5.92 Å². The van der Waals surface area contributed by atoms with Gasteiger partial charge in [0.1, 0.15) is 18.7 Å². The van der Waals surface area contributed by atoms with E-state index in [0.717, 1.165) is 17.8 Å². The number of nitrogens with one attached hydrogen (secondary N) is 1. The molecule has 114 valence electrons. The lowest BCUT2D eigenvalue weighted by molar-refractivity contribution is -0.122. The minimum Gasteiger partial charge on any atom is -0.344 e. The highest BCUT2D eigenvalue weighted by Gasteiger charge is 2.20. The van der Waals surface area contributed by atoms with Crippen molar-refractivity contribution in [1.29, 1.82) is 0 Å². The van der Waals surface area contributed by atoms with Crippen molar-refractivity contribution in [3.05, 3.63) is 30.1 Å². The van der Waals surface area contributed by atoms with Crippen LogP contribution < -0.4 is 5.32 Å². The molecule has 2 aromatic heterocycles. The maximum Gasteiger partial charge on any atom is 0.242 e. The molecular formula is C14H22N6O. The molecule has 0 unspecified atom stereocenters. The standard InChI is InChI=1S/C14H22N6O/c1-10(2)5-12(14-15-9-17-19(14)4)18-13(21)8-20-7-11(3)6-16-20/h6-7,9-10,12H,5,8H2,1-4H3,(H,18,21)/t12-/m0/s1. The molecule has 1 N–H and O–H groups in total. The maximum atomic E-state index is 12.2. The minimum absolute atomic E-state index is 0.0771. The van der Waals surface area contributed by atoms with Crippen LogP contribution in [-0.2, 0) is 18.4 Å². The van der Waals surface area contributed by atoms with Gasteiger partial charge in [0.15, 0.2) is 0 Å². The van der Waals surface area contributed by atoms with Gasteiger partial charge in [-0.1, -0.05) is 13.8 Å². The van der Waals surface area contributed by atoms with Crippen LogP contribution in [0.1, 0.15) is 37.7 Å². The van der Waals surface area contributed by atoms with Crippen LogP contribution in [-0.4, -0.2) is 30.5 Å². The molecule has 0 aliphatic heterocycles. The summed E-state index contributed by atoms with van der Waals surface area (Å²) in [7, 11) is 1.83. The maximum absolute atomic E-state index is 12.2. The molecule has 7 nitrogen and oxygen atoms in total. The van der Waals surface area contributed by atoms with Gasteiger partial charge in [0.25, 0.3) is 0 Å². The van der Waals surface area contributed by atoms with Gasteiger partial charge in [-0.05, 0) is 24.8 Å². The molecule has 0 aliphatic rings. The van der Waals surface area contributed by atoms with Gasteiger partial charge in [-0.2, -0.15) is 10.2 Å². The summed E-state index contributed by atoms with van der Waals surface area (Å²) in [4.78, 5) is 16.4. The molecule has 0 saturated carbocycles. The van der Waals surface area contributed by atoms with E-state index in [1.165, 1.54) is 6.33 Å². The second kappa shape index (κ2) is 6.51. The summed E-state index contributed by atoms with van der Waals surface area (Å²) in [6, 6.07) is -0.137. The SMILES string of the molecule is Cc1cnn(CC(=O)N[C@@H](CC(C)C)c2ncnn2C)c1. The van der Waals surface area contributed by atoms with Crippen LogP contribution in [0.5, 0.6) is 0 Å². The van der Waals surface area contributed by atoms with Crippen molar-refractivity contribution in [2.24, 2.45) is 13.0 Å². The van der Waals surface area contributed by atoms with Crippen LogP contribution in [0.2, 0.25) is 0 Å². The van der Waals surface area contributed by atoms with E-state index in [1.54, 1.807) is 15.6 Å². The fraction of sp³-hybridized carbons (Fsp3) is 0.571. The number of hydrogen-bond acceptors (Lipinski definition) is 4. The van der Waals surface area contributed by atoms with E-state index < -0.39 is 0 Å². The van der Waals surface area contributed by atoms with Gasteiger partial charge < -0.3 is 5.32 Å². The van der Waals surface area contributed by atoms with Gasteiger partial charge in [0.05, 0.1) is 12.2 Å². The van der Waals surface area contributed by atoms with Gasteiger partial charge in [-0.25, -0.2) is 4.98 Å². The molecule has 0 saturated heterocycles. The van der Waals surface area contributed by atoms with Crippen molar-refractivity contribution in [3.63, 3.8) is 0 Å². The van der Waals surface area contributed by atoms with Gasteiger partial charge in [0, 0.05) is 13.2 Å². The molecular weight excluding hydrogens is 268 g/mol. The van der Waals surface area contributed by atoms with Gasteiger partial charge in [-0.3, -0.25) is 14.2 Å². The monoisotopic (exact) mass is 290 g/mol. The average molecular weight is 290 g/mol. The Kier molecular flexibility index (Phi) is 4.72. The summed E-state index contributed by atoms with van der Waals surface area (Å²) in [5.74, 6) is 1.14. The highest BCUT2D eigenvalue weighted by Crippen LogP contribution is 2.18. The van der Waals surface area contributed by atoms with Gasteiger partial charge in [0.2, 0.25) is 5.91 Å². The number of carbonyl (C=O) groups excluding carboxylic acids is 1. The Morgan fingerprint density at radius 3 is 2.67 bits per heavy atom. The normalized spacial score (nSPS) is 12.6. The number of amides is 1. The van der Waals surface area contributed by atoms with E-state index in [9.17, 15) is 4.79 Å². The fourth-order valence-electron chi connectivity index (χ4n) is 2.26. The van der Waals surface area contributed by atoms with Crippen molar-refractivity contribution in [2.45, 2.75) is 39.8 Å². The molecule has 0 radical (unpaired) electrons. The summed E-state index contributed by atoms with van der Waals surface area (Å²) in [5.41, 5.74) is 1.04. The Balaban J connectivity index is 2.04. The van der Waals surface area contributed by atoms with Crippen molar-refractivity contribution in [3.8, 4) is 0 Å². The summed E-state index contributed by atoms with van der Waals surface area (Å²) in [5, 5.41) is 11.2. The summed E-state index contributed by atoms with van der Waals surface area (Å²) in [6.07, 6.45) is 5.91. The molecule has 1 amide bonds. The molecule has 0 aliphatic carbocycles. The number of hydrogen-bond donors (Lipinski definition) is 1. The van der Waals surface area contributed by atoms with Gasteiger partial charge >= 0.3 is 0 Å². The lowest BCUT2D eigenvalue weighted by atomic mass is 10.0. The van der Waals surface area contributed by atoms with Crippen LogP contribution in [0.15, 0.2) is 18.7 Å². The van der Waals surface area contributed by atoms with E-state index in [2.05, 4.69) is 34.3 Å². The first kappa shape index (κ1) is 15.2. The Morgan fingerprint density at radius 1 is 1.38 bits per heavy atom. The number of nitrogens with zero attached hydrogens (tertiary/aromatic N) is 5. The van der Waals surface area contributed by atoms with E-state index in [1.807, 2.05) is 20.2 Å². The molecule has 7 heteroatoms. The van der Waals surface area contributed by atoms with Crippen LogP contribution in [0.25, 0.3) is 0 Å². The topological polar surface area (TPSA) is 77.6 Å². The van der Waals surface area contributed by atoms with E-state index in [-0.39, 0.29) is 18.5 Å². The number of aryl methyl sites for hydroxylation is 2. The first-order chi connectivity index (χ1) is 9.95. The first-order valence-electron chi connectivity index (χ1n) is 7.08. The zero-order valence-corrected chi connectivity index (χ0v) is 12.9. The highest BCUT2D eigenvalue weighted by molar-refractivity contribution is 5.76. The summed E-state index contributed by atoms with van der Waals surface area (Å²) < 4.78 is 3.33. The predicted molar refractivity (Wildman–Crippen MR) is 78.3 cm³/mol. The summed E-state index contributed by atoms with van der Waals surface area (Å²) in [6.45, 7) is 6.39. The molecule has 2 heterocycles. The second-order valence-corrected chi connectivity index (χ2v) is 5.71. The average Bonchev–Trinajstić information content (AvgIpc) is 2.97. The van der Waals surface area contributed by atoms with Crippen LogP contribution >= 0.6 is 0 Å². The Bertz CT molecular complexity index is 600. The third-order valence-electron chi connectivity index (χ3n) is 3.17. The van der Waals surface area contributed by atoms with Crippen molar-refractivity contribution in [1.82, 2.24) is 29.9 Å². The predicted octanol–water partition coefficient (Wildman–Crippen LogP) is 1.22. The quantitative estimate of drug-likeness (QED) is 0.868. The highest BCUT2D eigenvalue weighted by atomic mass is 16.2. The Hall–Kier alpha value is -2.18. The molecule has 0 bridgehead atoms. The van der Waals surface area contributed by atoms with Crippen molar-refractivity contribution in [2.75, 3.05) is 0 Å². The lowest BCUT2D eigenvalue weighted by Crippen LogP contribution is -2.34. The smallest absolute Gasteiger partial charge is 0.242 e. The molecule has 2 rings (SSSR count). The van der Waals surface area contributed by atoms with Gasteiger partial charge in [-0.15, -0.1) is 0 Å². The number of rotatable bonds is 6. The second-order valence-electron chi connectivity index (χ2n) is 5.71. The third kappa shape index (κ3) is 4.14. The molecule has 2 aromatic rings. The van der Waals surface area contributed by atoms with Crippen molar-refractivity contribution >= 4 is 5.91 Å². The van der Waals surface area contributed by atoms with E-state index in [4.69, 9.17) is 0 Å². The van der Waals surface area contributed by atoms with Crippen LogP contribution in [0.4, 0.5) is 0 Å². The third-order valence-corrected chi connectivity index (χ3v) is 3.17. The van der Waals surface area contributed by atoms with E-state index >= 15 is 0 Å². The molecule has 0 spiro atoms. The molecule has 0 aromatic carbocycles.